The molecule has 0 aliphatic carbocycles. The van der Waals surface area contributed by atoms with E-state index >= 15 is 0 Å². The number of nitrogens with zero attached hydrogens (tertiary/aromatic N) is 3. The van der Waals surface area contributed by atoms with Gasteiger partial charge in [0, 0.05) is 49.9 Å². The number of anilines is 2. The smallest absolute Gasteiger partial charge is 0.333 e. The van der Waals surface area contributed by atoms with Gasteiger partial charge in [0.15, 0.2) is 0 Å². The minimum Gasteiger partial charge on any atom is -0.376 e. The number of hydrogen-bond acceptors (Lipinski definition) is 1. The molecule has 2 aromatic heterocycles. The Hall–Kier alpha value is -6.78. The van der Waals surface area contributed by atoms with Gasteiger partial charge >= 0.3 is 6.85 Å². The summed E-state index contributed by atoms with van der Waals surface area (Å²) in [4.78, 5) is 2.70. The monoisotopic (exact) mass is 996 g/mol. The molecule has 2 aliphatic rings. The number of rotatable bonds is 3. The van der Waals surface area contributed by atoms with Crippen LogP contribution in [0.15, 0.2) is 146 Å². The molecule has 0 fully saturated rings. The second kappa shape index (κ2) is 16.4. The van der Waals surface area contributed by atoms with Crippen molar-refractivity contribution in [3.05, 3.63) is 179 Å². The van der Waals surface area contributed by atoms with Crippen LogP contribution in [0, 0.1) is 0 Å². The summed E-state index contributed by atoms with van der Waals surface area (Å²) >= 11 is 0. The van der Waals surface area contributed by atoms with Gasteiger partial charge in [-0.3, -0.25) is 0 Å². The minimum absolute atomic E-state index is 0.0124. The molecule has 384 valence electrons. The molecule has 0 N–H and O–H groups in total. The Bertz CT molecular complexity index is 4000. The third-order valence-corrected chi connectivity index (χ3v) is 17.2. The van der Waals surface area contributed by atoms with Gasteiger partial charge in [-0.15, -0.1) is 0 Å². The van der Waals surface area contributed by atoms with Crippen molar-refractivity contribution in [1.82, 2.24) is 9.13 Å². The average molecular weight is 996 g/mol. The lowest BCUT2D eigenvalue weighted by Gasteiger charge is -2.43. The molecular weight excluding hydrogens is 918 g/mol. The van der Waals surface area contributed by atoms with Gasteiger partial charge in [0.2, 0.25) is 0 Å². The highest BCUT2D eigenvalue weighted by atomic mass is 15.1. The first-order chi connectivity index (χ1) is 35.5. The number of benzene rings is 8. The minimum atomic E-state index is -0.119. The molecule has 76 heavy (non-hydrogen) atoms. The zero-order valence-corrected chi connectivity index (χ0v) is 48.8. The molecule has 4 heterocycles. The zero-order valence-electron chi connectivity index (χ0n) is 48.8. The van der Waals surface area contributed by atoms with E-state index in [9.17, 15) is 0 Å². The molecule has 0 spiro atoms. The normalized spacial score (nSPS) is 14.1. The number of aromatic nitrogens is 2. The largest absolute Gasteiger partial charge is 0.376 e. The fourth-order valence-electron chi connectivity index (χ4n) is 12.5. The van der Waals surface area contributed by atoms with Gasteiger partial charge in [0.25, 0.3) is 0 Å². The molecule has 0 saturated carbocycles. The van der Waals surface area contributed by atoms with E-state index in [0.717, 1.165) is 0 Å². The lowest BCUT2D eigenvalue weighted by molar-refractivity contribution is 0.590. The Morgan fingerprint density at radius 2 is 0.750 bits per heavy atom. The van der Waals surface area contributed by atoms with Crippen LogP contribution >= 0.6 is 0 Å². The first-order valence-electron chi connectivity index (χ1n) is 28.0. The van der Waals surface area contributed by atoms with Crippen molar-refractivity contribution in [3.8, 4) is 33.6 Å². The van der Waals surface area contributed by atoms with Crippen LogP contribution in [-0.2, 0) is 32.5 Å². The van der Waals surface area contributed by atoms with Gasteiger partial charge in [-0.05, 0) is 166 Å². The summed E-state index contributed by atoms with van der Waals surface area (Å²) in [6.45, 7) is 42.0. The molecule has 0 saturated heterocycles. The van der Waals surface area contributed by atoms with Gasteiger partial charge < -0.3 is 13.9 Å². The Kier molecular flexibility index (Phi) is 10.8. The summed E-state index contributed by atoms with van der Waals surface area (Å²) in [6, 6.07) is 58.1. The van der Waals surface area contributed by atoms with Crippen LogP contribution in [0.2, 0.25) is 0 Å². The maximum atomic E-state index is 2.70. The van der Waals surface area contributed by atoms with Crippen LogP contribution in [0.5, 0.6) is 0 Å². The predicted molar refractivity (Wildman–Crippen MR) is 332 cm³/mol. The molecule has 0 unspecified atom stereocenters. The van der Waals surface area contributed by atoms with Crippen molar-refractivity contribution < 1.29 is 0 Å². The molecule has 3 nitrogen and oxygen atoms in total. The molecule has 0 amide bonds. The molecule has 4 heteroatoms. The average Bonchev–Trinajstić information content (AvgIpc) is 4.04. The van der Waals surface area contributed by atoms with E-state index < -0.39 is 0 Å². The molecule has 0 radical (unpaired) electrons. The first kappa shape index (κ1) is 50.1. The second-order valence-corrected chi connectivity index (χ2v) is 28.9. The van der Waals surface area contributed by atoms with Gasteiger partial charge in [-0.2, -0.15) is 0 Å². The lowest BCUT2D eigenvalue weighted by Crippen LogP contribution is -2.61. The highest BCUT2D eigenvalue weighted by molar-refractivity contribution is 6.93. The summed E-state index contributed by atoms with van der Waals surface area (Å²) < 4.78 is 5.24. The Balaban J connectivity index is 1.23. The van der Waals surface area contributed by atoms with E-state index in [0.29, 0.717) is 0 Å². The maximum Gasteiger partial charge on any atom is 0.333 e. The van der Waals surface area contributed by atoms with Crippen LogP contribution in [0.25, 0.3) is 77.2 Å². The fraction of sp³-hybridized carbons (Fsp3) is 0.333. The Morgan fingerprint density at radius 1 is 0.303 bits per heavy atom. The van der Waals surface area contributed by atoms with Crippen molar-refractivity contribution in [2.45, 2.75) is 157 Å². The van der Waals surface area contributed by atoms with E-state index in [-0.39, 0.29) is 39.3 Å². The summed E-state index contributed by atoms with van der Waals surface area (Å²) in [5.41, 5.74) is 25.7. The van der Waals surface area contributed by atoms with Gasteiger partial charge in [0.05, 0.1) is 22.1 Å². The van der Waals surface area contributed by atoms with E-state index in [4.69, 9.17) is 0 Å². The van der Waals surface area contributed by atoms with E-state index in [2.05, 4.69) is 284 Å². The topological polar surface area (TPSA) is 13.1 Å². The summed E-state index contributed by atoms with van der Waals surface area (Å²) in [6.07, 6.45) is 0. The molecule has 2 aliphatic heterocycles. The highest BCUT2D eigenvalue weighted by Crippen LogP contribution is 2.49. The highest BCUT2D eigenvalue weighted by Gasteiger charge is 2.45. The predicted octanol–water partition coefficient (Wildman–Crippen LogP) is 18.6. The third-order valence-electron chi connectivity index (χ3n) is 17.2. The molecular formula is C72H78BN3. The van der Waals surface area contributed by atoms with Gasteiger partial charge in [-0.25, -0.2) is 0 Å². The van der Waals surface area contributed by atoms with E-state index in [1.165, 1.54) is 133 Å². The van der Waals surface area contributed by atoms with E-state index in [1.807, 2.05) is 0 Å². The summed E-state index contributed by atoms with van der Waals surface area (Å²) in [5, 5.41) is 5.17. The standard InChI is InChI=1S/C72H78BN3/c1-67(2,3)45-22-19-43(20-23-45)44-21-33-61-53(35-44)57-37-50(72(16,17)18)40-64-65(57)73(76(61)52-31-26-47(27-32-52)69(7,8)9)59-39-49(71(13,14)15)38-58-56-42-62-55(41-63(56)75(64)66(58)59)54-36-48(70(10,11)12)28-34-60(54)74(62)51-29-24-46(25-30-51)68(4,5)6/h19-42H,1-18H3. The van der Waals surface area contributed by atoms with Crippen LogP contribution in [-0.4, -0.2) is 16.0 Å². The Morgan fingerprint density at radius 3 is 1.30 bits per heavy atom. The van der Waals surface area contributed by atoms with Crippen molar-refractivity contribution in [2.24, 2.45) is 0 Å². The quantitative estimate of drug-likeness (QED) is 0.161. The number of fused-ring (bicyclic) bond motifs is 10. The number of hydrogen-bond donors (Lipinski definition) is 0. The van der Waals surface area contributed by atoms with Crippen LogP contribution in [0.4, 0.5) is 11.4 Å². The van der Waals surface area contributed by atoms with Crippen LogP contribution < -0.4 is 15.7 Å². The maximum absolute atomic E-state index is 2.70. The third kappa shape index (κ3) is 7.90. The van der Waals surface area contributed by atoms with Crippen molar-refractivity contribution in [3.63, 3.8) is 0 Å². The molecule has 10 aromatic rings. The van der Waals surface area contributed by atoms with Crippen molar-refractivity contribution in [2.75, 3.05) is 4.81 Å². The molecule has 0 bridgehead atoms. The first-order valence-corrected chi connectivity index (χ1v) is 28.0. The van der Waals surface area contributed by atoms with Gasteiger partial charge in [-0.1, -0.05) is 197 Å². The fourth-order valence-corrected chi connectivity index (χ4v) is 12.5. The lowest BCUT2D eigenvalue weighted by atomic mass is 9.43. The van der Waals surface area contributed by atoms with Crippen molar-refractivity contribution in [1.29, 1.82) is 0 Å². The zero-order chi connectivity index (χ0) is 54.1. The molecule has 8 aromatic carbocycles. The molecule has 12 rings (SSSR count). The van der Waals surface area contributed by atoms with E-state index in [1.54, 1.807) is 0 Å². The summed E-state index contributed by atoms with van der Waals surface area (Å²) in [7, 11) is 0. The summed E-state index contributed by atoms with van der Waals surface area (Å²) in [5.74, 6) is 0. The SMILES string of the molecule is CC(C)(C)c1ccc(-c2ccc3c(c2)-c2cc(C(C)(C)C)cc4c2B(c2cc(C(C)(C)C)cc5c6cc7c(cc6n-4c25)c2cc(C(C)(C)C)ccc2n7-c2ccc(C(C)(C)C)cc2)N3c2ccc(C(C)(C)C)cc2)cc1. The second-order valence-electron chi connectivity index (χ2n) is 28.9. The van der Waals surface area contributed by atoms with Crippen LogP contribution in [0.3, 0.4) is 0 Å². The Labute approximate surface area is 454 Å². The van der Waals surface area contributed by atoms with Crippen molar-refractivity contribution >= 4 is 72.8 Å². The van der Waals surface area contributed by atoms with Crippen LogP contribution in [0.1, 0.15) is 158 Å². The molecule has 0 atom stereocenters. The van der Waals surface area contributed by atoms with Gasteiger partial charge in [0.1, 0.15) is 0 Å².